The van der Waals surface area contributed by atoms with Crippen LogP contribution in [0.1, 0.15) is 60.7 Å². The molecule has 41 heavy (non-hydrogen) atoms. The Morgan fingerprint density at radius 1 is 1.22 bits per heavy atom. The Kier molecular flexibility index (Phi) is 11.6. The largest absolute Gasteiger partial charge is 0.490 e. The molecular weight excluding hydrogens is 548 g/mol. The first kappa shape index (κ1) is 32.5. The van der Waals surface area contributed by atoms with Crippen molar-refractivity contribution in [2.75, 3.05) is 44.9 Å². The number of anilines is 1. The number of fused-ring (bicyclic) bond motifs is 1. The number of rotatable bonds is 7. The van der Waals surface area contributed by atoms with Gasteiger partial charge in [-0.25, -0.2) is 12.7 Å². The van der Waals surface area contributed by atoms with Crippen LogP contribution >= 0.6 is 0 Å². The zero-order chi connectivity index (χ0) is 30.2. The van der Waals surface area contributed by atoms with Gasteiger partial charge in [0, 0.05) is 56.3 Å². The molecule has 0 bridgehead atoms. The number of ether oxygens (including phenoxy) is 2. The maximum Gasteiger partial charge on any atom is 0.258 e. The summed E-state index contributed by atoms with van der Waals surface area (Å²) in [6.45, 7) is 6.08. The van der Waals surface area contributed by atoms with E-state index >= 15 is 0 Å². The second-order valence-corrected chi connectivity index (χ2v) is 12.8. The molecule has 2 heterocycles. The highest BCUT2D eigenvalue weighted by Crippen LogP contribution is 2.29. The summed E-state index contributed by atoms with van der Waals surface area (Å²) in [6.07, 6.45) is 5.83. The molecule has 0 fully saturated rings. The van der Waals surface area contributed by atoms with Crippen molar-refractivity contribution in [3.63, 3.8) is 0 Å². The summed E-state index contributed by atoms with van der Waals surface area (Å²) >= 11 is 0. The number of sulfonamides is 1. The molecule has 2 N–H and O–H groups in total. The van der Waals surface area contributed by atoms with Gasteiger partial charge in [-0.3, -0.25) is 14.6 Å². The lowest BCUT2D eigenvalue weighted by atomic mass is 10.0. The highest BCUT2D eigenvalue weighted by molar-refractivity contribution is 7.88. The lowest BCUT2D eigenvalue weighted by Crippen LogP contribution is -2.47. The number of nitrogens with zero attached hydrogens (tertiary/aromatic N) is 3. The number of aliphatic hydroxyl groups is 1. The number of aromatic nitrogens is 1. The van der Waals surface area contributed by atoms with Gasteiger partial charge < -0.3 is 24.8 Å². The van der Waals surface area contributed by atoms with Gasteiger partial charge in [0.05, 0.1) is 36.7 Å². The van der Waals surface area contributed by atoms with Gasteiger partial charge in [0.15, 0.2) is 0 Å². The fourth-order valence-electron chi connectivity index (χ4n) is 4.56. The molecule has 1 aromatic carbocycles. The molecular formula is C29H42N4O7S. The van der Waals surface area contributed by atoms with Crippen LogP contribution < -0.4 is 10.1 Å². The van der Waals surface area contributed by atoms with Gasteiger partial charge in [-0.1, -0.05) is 6.92 Å². The number of likely N-dealkylation sites (N-methyl/N-ethyl adjacent to an activating group) is 1. The van der Waals surface area contributed by atoms with Crippen molar-refractivity contribution in [2.45, 2.75) is 58.3 Å². The van der Waals surface area contributed by atoms with Gasteiger partial charge in [-0.2, -0.15) is 0 Å². The van der Waals surface area contributed by atoms with E-state index in [1.54, 1.807) is 42.2 Å². The van der Waals surface area contributed by atoms with Gasteiger partial charge in [0.25, 0.3) is 11.8 Å². The summed E-state index contributed by atoms with van der Waals surface area (Å²) < 4.78 is 37.9. The molecule has 1 aliphatic rings. The molecule has 0 spiro atoms. The quantitative estimate of drug-likeness (QED) is 0.502. The summed E-state index contributed by atoms with van der Waals surface area (Å²) in [7, 11) is -1.93. The van der Waals surface area contributed by atoms with E-state index < -0.39 is 22.2 Å². The number of hydrogen-bond acceptors (Lipinski definition) is 8. The van der Waals surface area contributed by atoms with Gasteiger partial charge in [0.2, 0.25) is 10.0 Å². The molecule has 0 saturated carbocycles. The number of nitrogens with one attached hydrogen (secondary N) is 1. The van der Waals surface area contributed by atoms with Crippen LogP contribution in [0.15, 0.2) is 42.7 Å². The molecule has 0 aliphatic carbocycles. The lowest BCUT2D eigenvalue weighted by Gasteiger charge is -2.35. The van der Waals surface area contributed by atoms with Crippen molar-refractivity contribution in [2.24, 2.45) is 5.92 Å². The van der Waals surface area contributed by atoms with E-state index in [-0.39, 0.29) is 49.1 Å². The number of carbonyl (C=O) groups is 2. The van der Waals surface area contributed by atoms with Crippen molar-refractivity contribution < 1.29 is 32.6 Å². The highest BCUT2D eigenvalue weighted by atomic mass is 32.2. The number of carbonyl (C=O) groups excluding carboxylic acids is 2. The number of amides is 2. The summed E-state index contributed by atoms with van der Waals surface area (Å²) in [5, 5.41) is 12.9. The van der Waals surface area contributed by atoms with Crippen molar-refractivity contribution in [3.05, 3.63) is 53.9 Å². The monoisotopic (exact) mass is 590 g/mol. The Labute approximate surface area is 242 Å². The normalized spacial score (nSPS) is 21.9. The van der Waals surface area contributed by atoms with Crippen molar-refractivity contribution in [1.82, 2.24) is 14.2 Å². The molecule has 226 valence electrons. The summed E-state index contributed by atoms with van der Waals surface area (Å²) in [6, 6.07) is 7.59. The van der Waals surface area contributed by atoms with E-state index in [2.05, 4.69) is 10.3 Å². The second kappa shape index (κ2) is 14.7. The third-order valence-electron chi connectivity index (χ3n) is 7.26. The highest BCUT2D eigenvalue weighted by Gasteiger charge is 2.31. The van der Waals surface area contributed by atoms with Crippen LogP contribution in [0, 0.1) is 5.92 Å². The predicted molar refractivity (Wildman–Crippen MR) is 157 cm³/mol. The Morgan fingerprint density at radius 3 is 2.59 bits per heavy atom. The Hall–Kier alpha value is -3.06. The fourth-order valence-corrected chi connectivity index (χ4v) is 4.98. The van der Waals surface area contributed by atoms with Crippen molar-refractivity contribution >= 4 is 27.5 Å². The van der Waals surface area contributed by atoms with Gasteiger partial charge in [-0.05, 0) is 63.4 Å². The van der Waals surface area contributed by atoms with E-state index in [4.69, 9.17) is 9.47 Å². The predicted octanol–water partition coefficient (Wildman–Crippen LogP) is 3.02. The van der Waals surface area contributed by atoms with E-state index in [0.29, 0.717) is 23.6 Å². The average Bonchev–Trinajstić information content (AvgIpc) is 2.94. The average molecular weight is 591 g/mol. The molecule has 1 aromatic heterocycles. The molecule has 1 aliphatic heterocycles. The first-order chi connectivity index (χ1) is 19.4. The third-order valence-corrected chi connectivity index (χ3v) is 8.54. The van der Waals surface area contributed by atoms with Gasteiger partial charge >= 0.3 is 0 Å². The van der Waals surface area contributed by atoms with E-state index in [9.17, 15) is 23.1 Å². The molecule has 2 amide bonds. The summed E-state index contributed by atoms with van der Waals surface area (Å²) in [5.41, 5.74) is 1.09. The Bertz CT molecular complexity index is 1280. The lowest BCUT2D eigenvalue weighted by molar-refractivity contribution is -0.00828. The molecule has 0 radical (unpaired) electrons. The van der Waals surface area contributed by atoms with E-state index in [1.165, 1.54) is 23.7 Å². The summed E-state index contributed by atoms with van der Waals surface area (Å²) in [4.78, 5) is 32.4. The van der Waals surface area contributed by atoms with Crippen molar-refractivity contribution in [3.8, 4) is 5.75 Å². The van der Waals surface area contributed by atoms with Crippen LogP contribution in [0.5, 0.6) is 5.75 Å². The van der Waals surface area contributed by atoms with E-state index in [1.807, 2.05) is 13.8 Å². The standard InChI is InChI=1S/C29H42N4O7S/c1-20-17-33(21(2)19-34)29(36)25-16-24(31-28(35)23-11-13-30-14-12-23)9-10-26(25)40-22(3)8-6-7-15-39-27(20)18-32(4)41(5,37)38/h9-14,16,20-22,27,34H,6-8,15,17-19H2,1-5H3,(H,31,35)/t20-,21+,22-,27-/m0/s1. The summed E-state index contributed by atoms with van der Waals surface area (Å²) in [5.74, 6) is -0.612. The van der Waals surface area contributed by atoms with Crippen LogP contribution in [0.4, 0.5) is 5.69 Å². The second-order valence-electron chi connectivity index (χ2n) is 10.7. The van der Waals surface area contributed by atoms with Crippen LogP contribution in [-0.4, -0.2) is 97.4 Å². The van der Waals surface area contributed by atoms with Crippen LogP contribution in [0.3, 0.4) is 0 Å². The molecule has 11 nitrogen and oxygen atoms in total. The van der Waals surface area contributed by atoms with E-state index in [0.717, 1.165) is 25.5 Å². The SMILES string of the molecule is C[C@H](CO)N1C[C@H](C)[C@H](CN(C)S(C)(=O)=O)OCCCC[C@H](C)Oc2ccc(NC(=O)c3ccncc3)cc2C1=O. The zero-order valence-corrected chi connectivity index (χ0v) is 25.3. The van der Waals surface area contributed by atoms with Crippen LogP contribution in [-0.2, 0) is 14.8 Å². The minimum absolute atomic E-state index is 0.136. The Balaban J connectivity index is 1.99. The molecule has 0 saturated heterocycles. The smallest absolute Gasteiger partial charge is 0.258 e. The first-order valence-corrected chi connectivity index (χ1v) is 15.7. The van der Waals surface area contributed by atoms with Gasteiger partial charge in [-0.15, -0.1) is 0 Å². The van der Waals surface area contributed by atoms with Crippen LogP contribution in [0.25, 0.3) is 0 Å². The maximum atomic E-state index is 14.1. The third kappa shape index (κ3) is 9.22. The zero-order valence-electron chi connectivity index (χ0n) is 24.4. The minimum Gasteiger partial charge on any atom is -0.490 e. The van der Waals surface area contributed by atoms with Crippen LogP contribution in [0.2, 0.25) is 0 Å². The fraction of sp³-hybridized carbons (Fsp3) is 0.552. The molecule has 12 heteroatoms. The van der Waals surface area contributed by atoms with Crippen molar-refractivity contribution in [1.29, 1.82) is 0 Å². The number of hydrogen-bond donors (Lipinski definition) is 2. The number of benzene rings is 1. The number of pyridine rings is 1. The molecule has 2 aromatic rings. The molecule has 4 atom stereocenters. The molecule has 3 rings (SSSR count). The van der Waals surface area contributed by atoms with Gasteiger partial charge in [0.1, 0.15) is 5.75 Å². The maximum absolute atomic E-state index is 14.1. The minimum atomic E-state index is -3.44. The topological polar surface area (TPSA) is 138 Å². The number of aliphatic hydroxyl groups excluding tert-OH is 1. The first-order valence-electron chi connectivity index (χ1n) is 13.9. The molecule has 0 unspecified atom stereocenters. The Morgan fingerprint density at radius 2 is 1.93 bits per heavy atom.